The van der Waals surface area contributed by atoms with Crippen LogP contribution in [0.5, 0.6) is 0 Å². The average Bonchev–Trinajstić information content (AvgIpc) is 3.27. The van der Waals surface area contributed by atoms with Crippen LogP contribution in [0.2, 0.25) is 0 Å². The molecular weight excluding hydrogens is 404 g/mol. The highest BCUT2D eigenvalue weighted by Crippen LogP contribution is 2.25. The largest absolute Gasteiger partial charge is 0.352 e. The van der Waals surface area contributed by atoms with E-state index in [1.165, 1.54) is 22.7 Å². The van der Waals surface area contributed by atoms with Gasteiger partial charge in [0.25, 0.3) is 0 Å². The SMILES string of the molecule is Cc1ccc(Cc2nsc(N3CCC(CNC(=O)C=Cc4ccccc4)CC3)n2)cc1. The van der Waals surface area contributed by atoms with Crippen molar-refractivity contribution < 1.29 is 4.79 Å². The van der Waals surface area contributed by atoms with Crippen molar-refractivity contribution in [3.05, 3.63) is 83.2 Å². The number of amides is 1. The third-order valence-corrected chi connectivity index (χ3v) is 6.43. The molecule has 31 heavy (non-hydrogen) atoms. The maximum absolute atomic E-state index is 12.1. The summed E-state index contributed by atoms with van der Waals surface area (Å²) >= 11 is 1.49. The topological polar surface area (TPSA) is 58.1 Å². The Kier molecular flexibility index (Phi) is 7.10. The lowest BCUT2D eigenvalue weighted by Gasteiger charge is -2.31. The van der Waals surface area contributed by atoms with Crippen LogP contribution in [0.25, 0.3) is 6.08 Å². The number of nitrogens with one attached hydrogen (secondary N) is 1. The molecule has 1 amide bonds. The number of aryl methyl sites for hydroxylation is 1. The average molecular weight is 433 g/mol. The molecule has 1 aliphatic heterocycles. The summed E-state index contributed by atoms with van der Waals surface area (Å²) in [5.41, 5.74) is 3.54. The first-order chi connectivity index (χ1) is 15.2. The van der Waals surface area contributed by atoms with Crippen LogP contribution in [-0.4, -0.2) is 34.9 Å². The number of hydrogen-bond donors (Lipinski definition) is 1. The Hall–Kier alpha value is -2.99. The van der Waals surface area contributed by atoms with E-state index in [4.69, 9.17) is 4.98 Å². The summed E-state index contributed by atoms with van der Waals surface area (Å²) in [5.74, 6) is 1.37. The Labute approximate surface area is 188 Å². The fourth-order valence-corrected chi connectivity index (χ4v) is 4.44. The number of carbonyl (C=O) groups excluding carboxylic acids is 1. The Balaban J connectivity index is 1.21. The van der Waals surface area contributed by atoms with Crippen molar-refractivity contribution in [3.8, 4) is 0 Å². The van der Waals surface area contributed by atoms with Gasteiger partial charge in [-0.05, 0) is 42.9 Å². The van der Waals surface area contributed by atoms with Gasteiger partial charge in [0.1, 0.15) is 5.82 Å². The van der Waals surface area contributed by atoms with E-state index in [1.807, 2.05) is 36.4 Å². The highest BCUT2D eigenvalue weighted by atomic mass is 32.1. The van der Waals surface area contributed by atoms with Gasteiger partial charge in [-0.25, -0.2) is 4.98 Å². The maximum Gasteiger partial charge on any atom is 0.244 e. The Morgan fingerprint density at radius 1 is 1.13 bits per heavy atom. The van der Waals surface area contributed by atoms with Gasteiger partial charge in [0, 0.05) is 43.7 Å². The van der Waals surface area contributed by atoms with Crippen molar-refractivity contribution in [1.82, 2.24) is 14.7 Å². The maximum atomic E-state index is 12.1. The van der Waals surface area contributed by atoms with E-state index in [0.29, 0.717) is 5.92 Å². The molecule has 5 nitrogen and oxygen atoms in total. The summed E-state index contributed by atoms with van der Waals surface area (Å²) in [5, 5.41) is 4.05. The fourth-order valence-electron chi connectivity index (χ4n) is 3.70. The molecule has 1 saturated heterocycles. The van der Waals surface area contributed by atoms with E-state index in [1.54, 1.807) is 6.08 Å². The second-order valence-electron chi connectivity index (χ2n) is 8.08. The zero-order chi connectivity index (χ0) is 21.5. The molecule has 6 heteroatoms. The van der Waals surface area contributed by atoms with Gasteiger partial charge in [-0.2, -0.15) is 4.37 Å². The second kappa shape index (κ2) is 10.4. The van der Waals surface area contributed by atoms with Crippen LogP contribution in [-0.2, 0) is 11.2 Å². The fraction of sp³-hybridized carbons (Fsp3) is 0.320. The summed E-state index contributed by atoms with van der Waals surface area (Å²) in [4.78, 5) is 19.2. The molecule has 0 saturated carbocycles. The second-order valence-corrected chi connectivity index (χ2v) is 8.81. The third kappa shape index (κ3) is 6.25. The van der Waals surface area contributed by atoms with E-state index in [2.05, 4.69) is 45.8 Å². The molecule has 1 aliphatic rings. The van der Waals surface area contributed by atoms with E-state index in [-0.39, 0.29) is 5.91 Å². The van der Waals surface area contributed by atoms with Crippen molar-refractivity contribution in [1.29, 1.82) is 0 Å². The summed E-state index contributed by atoms with van der Waals surface area (Å²) in [7, 11) is 0. The zero-order valence-corrected chi connectivity index (χ0v) is 18.6. The van der Waals surface area contributed by atoms with Crippen molar-refractivity contribution in [2.24, 2.45) is 5.92 Å². The summed E-state index contributed by atoms with van der Waals surface area (Å²) in [6.07, 6.45) is 6.34. The molecule has 2 heterocycles. The van der Waals surface area contributed by atoms with Gasteiger partial charge in [-0.15, -0.1) is 0 Å². The molecular formula is C25H28N4OS. The minimum Gasteiger partial charge on any atom is -0.352 e. The molecule has 1 aromatic heterocycles. The van der Waals surface area contributed by atoms with Crippen LogP contribution < -0.4 is 10.2 Å². The number of aromatic nitrogens is 2. The lowest BCUT2D eigenvalue weighted by molar-refractivity contribution is -0.116. The number of benzene rings is 2. The predicted octanol–water partition coefficient (Wildman–Crippen LogP) is 4.48. The molecule has 2 aromatic carbocycles. The van der Waals surface area contributed by atoms with Crippen LogP contribution in [0, 0.1) is 12.8 Å². The highest BCUT2D eigenvalue weighted by molar-refractivity contribution is 7.09. The molecule has 160 valence electrons. The number of nitrogens with zero attached hydrogens (tertiary/aromatic N) is 3. The molecule has 1 fully saturated rings. The first-order valence-electron chi connectivity index (χ1n) is 10.8. The van der Waals surface area contributed by atoms with Crippen molar-refractivity contribution in [3.63, 3.8) is 0 Å². The Bertz CT molecular complexity index is 1010. The first-order valence-corrected chi connectivity index (χ1v) is 11.6. The third-order valence-electron chi connectivity index (χ3n) is 5.62. The molecule has 0 atom stereocenters. The van der Waals surface area contributed by atoms with Crippen LogP contribution in [0.15, 0.2) is 60.7 Å². The normalized spacial score (nSPS) is 14.8. The van der Waals surface area contributed by atoms with Gasteiger partial charge >= 0.3 is 0 Å². The van der Waals surface area contributed by atoms with E-state index < -0.39 is 0 Å². The summed E-state index contributed by atoms with van der Waals surface area (Å²) in [6.45, 7) is 4.74. The van der Waals surface area contributed by atoms with E-state index in [0.717, 1.165) is 55.4 Å². The quantitative estimate of drug-likeness (QED) is 0.559. The minimum atomic E-state index is -0.0313. The van der Waals surface area contributed by atoms with Gasteiger partial charge in [0.2, 0.25) is 11.0 Å². The van der Waals surface area contributed by atoms with Crippen molar-refractivity contribution >= 4 is 28.6 Å². The number of carbonyl (C=O) groups is 1. The summed E-state index contributed by atoms with van der Waals surface area (Å²) < 4.78 is 4.56. The van der Waals surface area contributed by atoms with Gasteiger partial charge in [0.15, 0.2) is 0 Å². The van der Waals surface area contributed by atoms with Gasteiger partial charge in [0.05, 0.1) is 0 Å². The highest BCUT2D eigenvalue weighted by Gasteiger charge is 2.22. The van der Waals surface area contributed by atoms with E-state index >= 15 is 0 Å². The molecule has 0 radical (unpaired) electrons. The number of anilines is 1. The molecule has 0 bridgehead atoms. The van der Waals surface area contributed by atoms with Crippen molar-refractivity contribution in [2.45, 2.75) is 26.2 Å². The number of piperidine rings is 1. The monoisotopic (exact) mass is 432 g/mol. The molecule has 1 N–H and O–H groups in total. The Morgan fingerprint density at radius 3 is 2.61 bits per heavy atom. The molecule has 4 rings (SSSR count). The lowest BCUT2D eigenvalue weighted by atomic mass is 9.97. The van der Waals surface area contributed by atoms with Crippen LogP contribution in [0.3, 0.4) is 0 Å². The van der Waals surface area contributed by atoms with Gasteiger partial charge in [-0.1, -0.05) is 60.2 Å². The zero-order valence-electron chi connectivity index (χ0n) is 17.8. The van der Waals surface area contributed by atoms with Crippen LogP contribution in [0.4, 0.5) is 5.13 Å². The summed E-state index contributed by atoms with van der Waals surface area (Å²) in [6, 6.07) is 18.4. The minimum absolute atomic E-state index is 0.0313. The number of rotatable bonds is 7. The predicted molar refractivity (Wildman–Crippen MR) is 127 cm³/mol. The van der Waals surface area contributed by atoms with Crippen molar-refractivity contribution in [2.75, 3.05) is 24.5 Å². The smallest absolute Gasteiger partial charge is 0.244 e. The standard InChI is InChI=1S/C25H28N4OS/c1-19-7-9-21(10-8-19)17-23-27-25(31-28-23)29-15-13-22(14-16-29)18-26-24(30)12-11-20-5-3-2-4-6-20/h2-12,22H,13-18H2,1H3,(H,26,30). The van der Waals surface area contributed by atoms with Crippen LogP contribution in [0.1, 0.15) is 35.4 Å². The first kappa shape index (κ1) is 21.2. The molecule has 0 aliphatic carbocycles. The molecule has 3 aromatic rings. The van der Waals surface area contributed by atoms with E-state index in [9.17, 15) is 4.79 Å². The Morgan fingerprint density at radius 2 is 1.87 bits per heavy atom. The lowest BCUT2D eigenvalue weighted by Crippen LogP contribution is -2.38. The molecule has 0 spiro atoms. The molecule has 0 unspecified atom stereocenters. The van der Waals surface area contributed by atoms with Crippen LogP contribution >= 0.6 is 11.5 Å². The number of hydrogen-bond acceptors (Lipinski definition) is 5. The van der Waals surface area contributed by atoms with Gasteiger partial charge in [-0.3, -0.25) is 4.79 Å². The van der Waals surface area contributed by atoms with Gasteiger partial charge < -0.3 is 10.2 Å².